The summed E-state index contributed by atoms with van der Waals surface area (Å²) >= 11 is 0. The Bertz CT molecular complexity index is 545. The molecule has 0 saturated carbocycles. The summed E-state index contributed by atoms with van der Waals surface area (Å²) in [5.41, 5.74) is 0. The Morgan fingerprint density at radius 3 is 2.00 bits per heavy atom. The number of nitrogens with zero attached hydrogens (tertiary/aromatic N) is 1. The third-order valence-corrected chi connectivity index (χ3v) is 6.48. The summed E-state index contributed by atoms with van der Waals surface area (Å²) in [7, 11) is -7.45. The Morgan fingerprint density at radius 2 is 1.74 bits per heavy atom. The first-order valence-electron chi connectivity index (χ1n) is 5.31. The topological polar surface area (TPSA) is 109 Å². The molecule has 0 amide bonds. The van der Waals surface area contributed by atoms with Crippen molar-refractivity contribution in [3.8, 4) is 0 Å². The zero-order chi connectivity index (χ0) is 14.4. The monoisotopic (exact) mass is 324 g/mol. The van der Waals surface area contributed by atoms with Gasteiger partial charge in [0.1, 0.15) is 12.6 Å². The summed E-state index contributed by atoms with van der Waals surface area (Å²) < 4.78 is 63.6. The SMILES string of the molecule is C=CC[N+]1(C)CC(S(=O)(=O)O)C(S(=O)(=O)O)C1C.[NaH]. The Labute approximate surface area is 136 Å². The molecule has 0 bridgehead atoms. The molecule has 4 atom stereocenters. The first-order chi connectivity index (χ1) is 7.93. The molecule has 0 aromatic heterocycles. The molecule has 7 nitrogen and oxygen atoms in total. The molecule has 0 aromatic rings. The number of likely N-dealkylation sites (N-methyl/N-ethyl adjacent to an activating group) is 1. The van der Waals surface area contributed by atoms with Crippen molar-refractivity contribution in [2.75, 3.05) is 20.1 Å². The molecule has 19 heavy (non-hydrogen) atoms. The van der Waals surface area contributed by atoms with Crippen LogP contribution in [0.2, 0.25) is 0 Å². The fraction of sp³-hybridized carbons (Fsp3) is 0.778. The second kappa shape index (κ2) is 6.10. The van der Waals surface area contributed by atoms with Crippen LogP contribution < -0.4 is 0 Å². The van der Waals surface area contributed by atoms with Gasteiger partial charge in [-0.15, -0.1) is 0 Å². The molecular weight excluding hydrogens is 305 g/mol. The average Bonchev–Trinajstić information content (AvgIpc) is 2.38. The van der Waals surface area contributed by atoms with E-state index < -0.39 is 36.8 Å². The average molecular weight is 324 g/mol. The van der Waals surface area contributed by atoms with E-state index in [-0.39, 0.29) is 40.6 Å². The maximum atomic E-state index is 11.3. The number of hydrogen-bond acceptors (Lipinski definition) is 4. The minimum absolute atomic E-state index is 0. The summed E-state index contributed by atoms with van der Waals surface area (Å²) in [5.74, 6) is 0. The van der Waals surface area contributed by atoms with Crippen molar-refractivity contribution in [3.63, 3.8) is 0 Å². The van der Waals surface area contributed by atoms with E-state index in [1.165, 1.54) is 6.92 Å². The van der Waals surface area contributed by atoms with Gasteiger partial charge in [0.25, 0.3) is 20.2 Å². The van der Waals surface area contributed by atoms with Gasteiger partial charge in [-0.25, -0.2) is 0 Å². The fourth-order valence-electron chi connectivity index (χ4n) is 2.59. The molecular formula is C9H19NNaO6S2+. The van der Waals surface area contributed by atoms with E-state index in [0.29, 0.717) is 6.54 Å². The van der Waals surface area contributed by atoms with Crippen molar-refractivity contribution < 1.29 is 30.4 Å². The summed E-state index contributed by atoms with van der Waals surface area (Å²) in [6.45, 7) is 5.33. The molecule has 0 aliphatic carbocycles. The van der Waals surface area contributed by atoms with Crippen LogP contribution in [0, 0.1) is 0 Å². The van der Waals surface area contributed by atoms with E-state index in [1.54, 1.807) is 13.1 Å². The van der Waals surface area contributed by atoms with Gasteiger partial charge in [-0.1, -0.05) is 6.58 Å². The summed E-state index contributed by atoms with van der Waals surface area (Å²) in [6.07, 6.45) is 1.55. The van der Waals surface area contributed by atoms with Crippen molar-refractivity contribution in [2.24, 2.45) is 0 Å². The summed E-state index contributed by atoms with van der Waals surface area (Å²) in [6, 6.07) is -0.662. The van der Waals surface area contributed by atoms with Gasteiger partial charge in [0, 0.05) is 0 Å². The van der Waals surface area contributed by atoms with E-state index in [1.807, 2.05) is 0 Å². The van der Waals surface area contributed by atoms with Crippen LogP contribution in [0.3, 0.4) is 0 Å². The molecule has 0 aromatic carbocycles. The second-order valence-electron chi connectivity index (χ2n) is 4.91. The Balaban J connectivity index is 0.00000324. The van der Waals surface area contributed by atoms with E-state index in [2.05, 4.69) is 6.58 Å². The van der Waals surface area contributed by atoms with Gasteiger partial charge >= 0.3 is 29.6 Å². The third-order valence-electron chi connectivity index (χ3n) is 3.69. The Kier molecular flexibility index (Phi) is 6.27. The normalized spacial score (nSPS) is 35.7. The quantitative estimate of drug-likeness (QED) is 0.294. The first kappa shape index (κ1) is 19.5. The van der Waals surface area contributed by atoms with Crippen molar-refractivity contribution in [1.82, 2.24) is 0 Å². The molecule has 10 heteroatoms. The molecule has 1 fully saturated rings. The Morgan fingerprint density at radius 1 is 1.26 bits per heavy atom. The van der Waals surface area contributed by atoms with Crippen molar-refractivity contribution in [1.29, 1.82) is 0 Å². The molecule has 1 aliphatic rings. The molecule has 0 spiro atoms. The van der Waals surface area contributed by atoms with Crippen LogP contribution in [0.4, 0.5) is 0 Å². The Hall–Kier alpha value is 0.520. The van der Waals surface area contributed by atoms with Gasteiger partial charge in [0.15, 0.2) is 10.5 Å². The molecule has 108 valence electrons. The van der Waals surface area contributed by atoms with Gasteiger partial charge < -0.3 is 4.48 Å². The molecule has 1 aliphatic heterocycles. The van der Waals surface area contributed by atoms with E-state index in [0.717, 1.165) is 0 Å². The molecule has 2 N–H and O–H groups in total. The van der Waals surface area contributed by atoms with E-state index >= 15 is 0 Å². The number of likely N-dealkylation sites (tertiary alicyclic amines) is 1. The standard InChI is InChI=1S/C9H17NO6S2.Na.H/c1-4-5-10(3)6-8(17(11,12)13)9(7(10)2)18(14,15)16;;/h4,7-9H,1,5-6H2,2-3H3,(H-,11,12,13,14,15,16);;/p+1. The van der Waals surface area contributed by atoms with Crippen LogP contribution in [0.5, 0.6) is 0 Å². The number of rotatable bonds is 4. The van der Waals surface area contributed by atoms with Crippen LogP contribution in [0.15, 0.2) is 12.7 Å². The third kappa shape index (κ3) is 4.01. The first-order valence-corrected chi connectivity index (χ1v) is 8.32. The van der Waals surface area contributed by atoms with Crippen LogP contribution >= 0.6 is 0 Å². The summed E-state index contributed by atoms with van der Waals surface area (Å²) in [5, 5.41) is -3.05. The van der Waals surface area contributed by atoms with Gasteiger partial charge in [0.05, 0.1) is 13.6 Å². The van der Waals surface area contributed by atoms with Crippen LogP contribution in [-0.2, 0) is 20.2 Å². The fourth-order valence-corrected chi connectivity index (χ4v) is 5.79. The van der Waals surface area contributed by atoms with E-state index in [4.69, 9.17) is 4.55 Å². The molecule has 1 rings (SSSR count). The van der Waals surface area contributed by atoms with Crippen molar-refractivity contribution >= 4 is 49.8 Å². The van der Waals surface area contributed by atoms with Crippen molar-refractivity contribution in [2.45, 2.75) is 23.5 Å². The summed E-state index contributed by atoms with van der Waals surface area (Å²) in [4.78, 5) is 0. The number of quaternary nitrogens is 1. The van der Waals surface area contributed by atoms with Crippen LogP contribution in [0.1, 0.15) is 6.92 Å². The maximum absolute atomic E-state index is 11.3. The van der Waals surface area contributed by atoms with Gasteiger partial charge in [-0.3, -0.25) is 9.11 Å². The molecule has 4 unspecified atom stereocenters. The van der Waals surface area contributed by atoms with Gasteiger partial charge in [-0.2, -0.15) is 16.8 Å². The van der Waals surface area contributed by atoms with Crippen LogP contribution in [-0.4, -0.2) is 96.7 Å². The predicted octanol–water partition coefficient (Wildman–Crippen LogP) is -1.11. The van der Waals surface area contributed by atoms with Gasteiger partial charge in [0.2, 0.25) is 0 Å². The zero-order valence-corrected chi connectivity index (χ0v) is 11.9. The molecule has 0 radical (unpaired) electrons. The second-order valence-corrected chi connectivity index (χ2v) is 8.12. The van der Waals surface area contributed by atoms with Crippen LogP contribution in [0.25, 0.3) is 0 Å². The molecule has 1 saturated heterocycles. The zero-order valence-electron chi connectivity index (χ0n) is 10.2. The predicted molar refractivity (Wildman–Crippen MR) is 73.4 cm³/mol. The van der Waals surface area contributed by atoms with Gasteiger partial charge in [-0.05, 0) is 13.0 Å². The van der Waals surface area contributed by atoms with E-state index in [9.17, 15) is 21.4 Å². The molecule has 1 heterocycles. The minimum atomic E-state index is -4.56. The van der Waals surface area contributed by atoms with Crippen molar-refractivity contribution in [3.05, 3.63) is 12.7 Å². The number of hydrogen-bond donors (Lipinski definition) is 2.